The van der Waals surface area contributed by atoms with Gasteiger partial charge in [0.1, 0.15) is 18.3 Å². The van der Waals surface area contributed by atoms with Gasteiger partial charge in [0.05, 0.1) is 0 Å². The zero-order valence-electron chi connectivity index (χ0n) is 9.95. The number of allylic oxidation sites excluding steroid dienone is 1. The zero-order valence-corrected chi connectivity index (χ0v) is 9.95. The summed E-state index contributed by atoms with van der Waals surface area (Å²) in [7, 11) is 0. The summed E-state index contributed by atoms with van der Waals surface area (Å²) in [5, 5.41) is 29.0. The molecule has 0 aliphatic carbocycles. The van der Waals surface area contributed by atoms with E-state index in [4.69, 9.17) is 4.74 Å². The summed E-state index contributed by atoms with van der Waals surface area (Å²) in [6.45, 7) is 1.89. The van der Waals surface area contributed by atoms with Crippen LogP contribution in [0.4, 0.5) is 0 Å². The molecular weight excluding hydrogens is 224 g/mol. The van der Waals surface area contributed by atoms with Gasteiger partial charge in [-0.3, -0.25) is 0 Å². The average Bonchev–Trinajstić information content (AvgIpc) is 2.31. The monoisotopic (exact) mass is 244 g/mol. The predicted octanol–water partition coefficient (Wildman–Crippen LogP) is 0.131. The van der Waals surface area contributed by atoms with Crippen molar-refractivity contribution < 1.29 is 24.9 Å². The van der Waals surface area contributed by atoms with Crippen molar-refractivity contribution in [3.63, 3.8) is 0 Å². The molecule has 0 bridgehead atoms. The number of rotatable bonds is 2. The molecule has 0 saturated carbocycles. The first-order valence-corrected chi connectivity index (χ1v) is 5.97. The summed E-state index contributed by atoms with van der Waals surface area (Å²) < 4.78 is 5.03. The molecule has 0 unspecified atom stereocenters. The molecule has 0 aromatic heterocycles. The summed E-state index contributed by atoms with van der Waals surface area (Å²) in [5.41, 5.74) is 0. The van der Waals surface area contributed by atoms with E-state index in [1.54, 1.807) is 6.08 Å². The first-order valence-electron chi connectivity index (χ1n) is 5.97. The molecule has 0 fully saturated rings. The molecule has 1 rings (SSSR count). The van der Waals surface area contributed by atoms with Crippen molar-refractivity contribution in [1.82, 2.24) is 0 Å². The standard InChI is InChI=1S/C12H20O5/c1-2-5-10-11(15)8(13)6-3-4-7-9(14)12(16)17-10/h3,6,8-11,13-15H,2,4-5,7H2,1H3/t8-,9+,10-,11+/m1/s1. The third-order valence-electron chi connectivity index (χ3n) is 2.78. The fourth-order valence-electron chi connectivity index (χ4n) is 1.75. The Morgan fingerprint density at radius 3 is 2.76 bits per heavy atom. The zero-order chi connectivity index (χ0) is 12.8. The molecule has 98 valence electrons. The van der Waals surface area contributed by atoms with Gasteiger partial charge < -0.3 is 20.1 Å². The lowest BCUT2D eigenvalue weighted by atomic mass is 10.0. The van der Waals surface area contributed by atoms with Crippen LogP contribution in [0.5, 0.6) is 0 Å². The van der Waals surface area contributed by atoms with Crippen LogP contribution >= 0.6 is 0 Å². The van der Waals surface area contributed by atoms with E-state index in [9.17, 15) is 20.1 Å². The van der Waals surface area contributed by atoms with Gasteiger partial charge in [0.25, 0.3) is 0 Å². The molecule has 3 N–H and O–H groups in total. The summed E-state index contributed by atoms with van der Waals surface area (Å²) >= 11 is 0. The van der Waals surface area contributed by atoms with Crippen molar-refractivity contribution in [2.24, 2.45) is 0 Å². The third-order valence-corrected chi connectivity index (χ3v) is 2.78. The molecule has 0 saturated heterocycles. The van der Waals surface area contributed by atoms with Crippen LogP contribution in [0.15, 0.2) is 12.2 Å². The van der Waals surface area contributed by atoms with Crippen LogP contribution in [-0.4, -0.2) is 45.7 Å². The van der Waals surface area contributed by atoms with Crippen molar-refractivity contribution in [2.75, 3.05) is 0 Å². The molecule has 0 aromatic carbocycles. The van der Waals surface area contributed by atoms with Crippen LogP contribution in [0.1, 0.15) is 32.6 Å². The number of aliphatic hydroxyl groups is 3. The Morgan fingerprint density at radius 1 is 1.41 bits per heavy atom. The van der Waals surface area contributed by atoms with Crippen LogP contribution in [0.2, 0.25) is 0 Å². The van der Waals surface area contributed by atoms with Crippen molar-refractivity contribution in [2.45, 2.75) is 57.0 Å². The second kappa shape index (κ2) is 6.74. The predicted molar refractivity (Wildman–Crippen MR) is 61.2 cm³/mol. The third kappa shape index (κ3) is 4.11. The van der Waals surface area contributed by atoms with Crippen molar-refractivity contribution >= 4 is 5.97 Å². The van der Waals surface area contributed by atoms with Gasteiger partial charge in [0, 0.05) is 0 Å². The average molecular weight is 244 g/mol. The summed E-state index contributed by atoms with van der Waals surface area (Å²) in [5.74, 6) is -0.731. The summed E-state index contributed by atoms with van der Waals surface area (Å²) in [6, 6.07) is 0. The highest BCUT2D eigenvalue weighted by molar-refractivity contribution is 5.74. The van der Waals surface area contributed by atoms with Gasteiger partial charge >= 0.3 is 5.97 Å². The molecule has 4 atom stereocenters. The van der Waals surface area contributed by atoms with Gasteiger partial charge in [-0.25, -0.2) is 4.79 Å². The fraction of sp³-hybridized carbons (Fsp3) is 0.750. The van der Waals surface area contributed by atoms with Gasteiger partial charge in [0.15, 0.2) is 6.10 Å². The van der Waals surface area contributed by atoms with E-state index in [2.05, 4.69) is 0 Å². The maximum absolute atomic E-state index is 11.5. The smallest absolute Gasteiger partial charge is 0.335 e. The van der Waals surface area contributed by atoms with Crippen LogP contribution in [0.3, 0.4) is 0 Å². The molecule has 1 aliphatic heterocycles. The highest BCUT2D eigenvalue weighted by Gasteiger charge is 2.30. The molecule has 1 heterocycles. The summed E-state index contributed by atoms with van der Waals surface area (Å²) in [6.07, 6.45) is 0.857. The van der Waals surface area contributed by atoms with Gasteiger partial charge in [-0.2, -0.15) is 0 Å². The highest BCUT2D eigenvalue weighted by Crippen LogP contribution is 2.16. The van der Waals surface area contributed by atoms with E-state index in [1.165, 1.54) is 6.08 Å². The molecule has 0 amide bonds. The van der Waals surface area contributed by atoms with E-state index >= 15 is 0 Å². The van der Waals surface area contributed by atoms with Crippen molar-refractivity contribution in [3.8, 4) is 0 Å². The second-order valence-corrected chi connectivity index (χ2v) is 4.27. The van der Waals surface area contributed by atoms with E-state index in [0.29, 0.717) is 19.3 Å². The Labute approximate surface area is 101 Å². The molecule has 17 heavy (non-hydrogen) atoms. The lowest BCUT2D eigenvalue weighted by molar-refractivity contribution is -0.169. The Morgan fingerprint density at radius 2 is 2.12 bits per heavy atom. The number of carbonyl (C=O) groups is 1. The first-order chi connectivity index (χ1) is 8.06. The van der Waals surface area contributed by atoms with Crippen molar-refractivity contribution in [1.29, 1.82) is 0 Å². The van der Waals surface area contributed by atoms with E-state index in [0.717, 1.165) is 0 Å². The van der Waals surface area contributed by atoms with E-state index in [-0.39, 0.29) is 6.42 Å². The first kappa shape index (κ1) is 14.2. The van der Waals surface area contributed by atoms with Crippen LogP contribution in [0.25, 0.3) is 0 Å². The van der Waals surface area contributed by atoms with Gasteiger partial charge in [0.2, 0.25) is 0 Å². The molecule has 5 heteroatoms. The van der Waals surface area contributed by atoms with Gasteiger partial charge in [-0.05, 0) is 19.3 Å². The number of hydrogen-bond acceptors (Lipinski definition) is 5. The number of aliphatic hydroxyl groups excluding tert-OH is 3. The Bertz CT molecular complexity index is 276. The number of esters is 1. The Kier molecular flexibility index (Phi) is 5.61. The molecule has 0 aromatic rings. The fourth-order valence-corrected chi connectivity index (χ4v) is 1.75. The molecule has 0 radical (unpaired) electrons. The minimum Gasteiger partial charge on any atom is -0.458 e. The number of carbonyl (C=O) groups excluding carboxylic acids is 1. The number of hydrogen-bond donors (Lipinski definition) is 3. The molecule has 0 spiro atoms. The van der Waals surface area contributed by atoms with Gasteiger partial charge in [-0.1, -0.05) is 25.5 Å². The second-order valence-electron chi connectivity index (χ2n) is 4.27. The van der Waals surface area contributed by atoms with Gasteiger partial charge in [-0.15, -0.1) is 0 Å². The SMILES string of the molecule is CCC[C@H]1OC(=O)[C@@H](O)CCC=C[C@@H](O)[C@@H]1O. The Balaban J connectivity index is 2.80. The van der Waals surface area contributed by atoms with E-state index < -0.39 is 30.4 Å². The highest BCUT2D eigenvalue weighted by atomic mass is 16.6. The maximum atomic E-state index is 11.5. The van der Waals surface area contributed by atoms with Crippen LogP contribution in [0, 0.1) is 0 Å². The summed E-state index contributed by atoms with van der Waals surface area (Å²) in [4.78, 5) is 11.5. The number of cyclic esters (lactones) is 1. The minimum absolute atomic E-state index is 0.261. The van der Waals surface area contributed by atoms with Crippen LogP contribution < -0.4 is 0 Å². The number of ether oxygens (including phenoxy) is 1. The topological polar surface area (TPSA) is 87.0 Å². The Hall–Kier alpha value is -0.910. The lowest BCUT2D eigenvalue weighted by Crippen LogP contribution is -2.41. The molecular formula is C12H20O5. The van der Waals surface area contributed by atoms with Crippen molar-refractivity contribution in [3.05, 3.63) is 12.2 Å². The largest absolute Gasteiger partial charge is 0.458 e. The van der Waals surface area contributed by atoms with E-state index in [1.807, 2.05) is 6.92 Å². The van der Waals surface area contributed by atoms with Crippen LogP contribution in [-0.2, 0) is 9.53 Å². The maximum Gasteiger partial charge on any atom is 0.335 e. The quantitative estimate of drug-likeness (QED) is 0.475. The lowest BCUT2D eigenvalue weighted by Gasteiger charge is -2.27. The molecule has 1 aliphatic rings. The normalized spacial score (nSPS) is 35.4. The minimum atomic E-state index is -1.17. The molecule has 5 nitrogen and oxygen atoms in total.